The second kappa shape index (κ2) is 13.0. The number of methoxy groups -OCH3 is 3. The van der Waals surface area contributed by atoms with E-state index in [2.05, 4.69) is 63.1 Å². The fourth-order valence-electron chi connectivity index (χ4n) is 3.56. The van der Waals surface area contributed by atoms with Gasteiger partial charge in [0.1, 0.15) is 0 Å². The van der Waals surface area contributed by atoms with Gasteiger partial charge >= 0.3 is 0 Å². The molecular weight excluding hydrogens is 390 g/mol. The maximum absolute atomic E-state index is 12.4. The highest BCUT2D eigenvalue weighted by Crippen LogP contribution is 2.22. The van der Waals surface area contributed by atoms with Crippen molar-refractivity contribution in [1.82, 2.24) is 4.98 Å². The molecule has 0 unspecified atom stereocenters. The van der Waals surface area contributed by atoms with E-state index in [0.29, 0.717) is 23.8 Å². The van der Waals surface area contributed by atoms with E-state index in [1.54, 1.807) is 14.0 Å². The predicted molar refractivity (Wildman–Crippen MR) is 129 cm³/mol. The topological polar surface area (TPSA) is 60.6 Å². The Labute approximate surface area is 187 Å². The maximum atomic E-state index is 12.4. The first kappa shape index (κ1) is 26.5. The lowest BCUT2D eigenvalue weighted by Gasteiger charge is -2.21. The Kier molecular flexibility index (Phi) is 11.1. The third-order valence-electron chi connectivity index (χ3n) is 5.51. The summed E-state index contributed by atoms with van der Waals surface area (Å²) in [6.45, 7) is 12.3. The van der Waals surface area contributed by atoms with E-state index < -0.39 is 0 Å². The number of hydrogen-bond donors (Lipinski definition) is 1. The summed E-state index contributed by atoms with van der Waals surface area (Å²) in [7, 11) is 4.75. The summed E-state index contributed by atoms with van der Waals surface area (Å²) in [6, 6.07) is 0. The Hall–Kier alpha value is -2.53. The molecule has 0 aliphatic carbocycles. The summed E-state index contributed by atoms with van der Waals surface area (Å²) in [5.41, 5.74) is 5.02. The van der Waals surface area contributed by atoms with Gasteiger partial charge in [0.2, 0.25) is 17.1 Å². The molecule has 31 heavy (non-hydrogen) atoms. The molecule has 0 aromatic carbocycles. The maximum Gasteiger partial charge on any atom is 0.238 e. The van der Waals surface area contributed by atoms with Gasteiger partial charge in [-0.2, -0.15) is 0 Å². The Morgan fingerprint density at radius 2 is 1.81 bits per heavy atom. The third-order valence-corrected chi connectivity index (χ3v) is 5.51. The highest BCUT2D eigenvalue weighted by atomic mass is 16.5. The molecule has 0 amide bonds. The zero-order valence-electron chi connectivity index (χ0n) is 20.6. The molecule has 5 heteroatoms. The average Bonchev–Trinajstić information content (AvgIpc) is 2.74. The summed E-state index contributed by atoms with van der Waals surface area (Å²) in [5, 5.41) is 0. The monoisotopic (exact) mass is 429 g/mol. The van der Waals surface area contributed by atoms with Gasteiger partial charge in [-0.15, -0.1) is 0 Å². The molecule has 0 spiro atoms. The van der Waals surface area contributed by atoms with Crippen molar-refractivity contribution >= 4 is 0 Å². The number of ether oxygens (including phenoxy) is 3. The molecular formula is C26H39NO4. The minimum atomic E-state index is -0.142. The van der Waals surface area contributed by atoms with Crippen molar-refractivity contribution in [3.8, 4) is 11.6 Å². The van der Waals surface area contributed by atoms with Gasteiger partial charge in [0.15, 0.2) is 0 Å². The molecule has 0 radical (unpaired) electrons. The number of allylic oxidation sites excluding steroid dienone is 6. The number of nitrogens with one attached hydrogen (secondary N) is 1. The van der Waals surface area contributed by atoms with Gasteiger partial charge < -0.3 is 19.2 Å². The van der Waals surface area contributed by atoms with Crippen LogP contribution in [0.25, 0.3) is 0 Å². The van der Waals surface area contributed by atoms with Crippen LogP contribution in [0, 0.1) is 12.8 Å². The van der Waals surface area contributed by atoms with Crippen molar-refractivity contribution < 1.29 is 14.2 Å². The Balaban J connectivity index is 2.83. The molecule has 0 fully saturated rings. The van der Waals surface area contributed by atoms with Crippen molar-refractivity contribution in [1.29, 1.82) is 0 Å². The van der Waals surface area contributed by atoms with Gasteiger partial charge in [-0.1, -0.05) is 48.5 Å². The number of pyridine rings is 1. The molecule has 172 valence electrons. The highest BCUT2D eigenvalue weighted by Gasteiger charge is 2.16. The van der Waals surface area contributed by atoms with Gasteiger partial charge in [-0.05, 0) is 46.6 Å². The van der Waals surface area contributed by atoms with E-state index in [1.165, 1.54) is 30.9 Å². The van der Waals surface area contributed by atoms with Crippen molar-refractivity contribution in [3.63, 3.8) is 0 Å². The summed E-state index contributed by atoms with van der Waals surface area (Å²) in [6.07, 6.45) is 12.4. The summed E-state index contributed by atoms with van der Waals surface area (Å²) < 4.78 is 16.1. The molecule has 1 aromatic heterocycles. The fourth-order valence-corrected chi connectivity index (χ4v) is 3.56. The normalized spacial score (nSPS) is 15.3. The Morgan fingerprint density at radius 3 is 2.35 bits per heavy atom. The number of aromatic nitrogens is 1. The predicted octanol–water partition coefficient (Wildman–Crippen LogP) is 5.70. The molecule has 1 N–H and O–H groups in total. The zero-order chi connectivity index (χ0) is 23.6. The fraction of sp³-hybridized carbons (Fsp3) is 0.500. The van der Waals surface area contributed by atoms with Crippen LogP contribution in [-0.4, -0.2) is 32.4 Å². The minimum Gasteiger partial charge on any atom is -0.488 e. The molecule has 0 aliphatic rings. The van der Waals surface area contributed by atoms with Gasteiger partial charge in [0, 0.05) is 30.7 Å². The molecule has 5 nitrogen and oxygen atoms in total. The molecule has 1 heterocycles. The first-order valence-corrected chi connectivity index (χ1v) is 10.7. The van der Waals surface area contributed by atoms with Gasteiger partial charge in [-0.25, -0.2) is 0 Å². The van der Waals surface area contributed by atoms with E-state index >= 15 is 0 Å². The molecule has 0 aliphatic heterocycles. The lowest BCUT2D eigenvalue weighted by molar-refractivity contribution is 0.103. The molecule has 0 saturated heterocycles. The van der Waals surface area contributed by atoms with Crippen LogP contribution in [0.3, 0.4) is 0 Å². The van der Waals surface area contributed by atoms with E-state index in [4.69, 9.17) is 14.2 Å². The lowest BCUT2D eigenvalue weighted by atomic mass is 9.95. The second-order valence-corrected chi connectivity index (χ2v) is 7.94. The summed E-state index contributed by atoms with van der Waals surface area (Å²) in [5.74, 6) is 0.869. The number of aromatic amines is 1. The number of rotatable bonds is 11. The summed E-state index contributed by atoms with van der Waals surface area (Å²) >= 11 is 0. The third kappa shape index (κ3) is 7.59. The van der Waals surface area contributed by atoms with E-state index in [1.807, 2.05) is 6.92 Å². The van der Waals surface area contributed by atoms with Crippen LogP contribution in [0.5, 0.6) is 11.6 Å². The minimum absolute atomic E-state index is 0.0989. The van der Waals surface area contributed by atoms with Gasteiger partial charge in [0.25, 0.3) is 0 Å². The largest absolute Gasteiger partial charge is 0.488 e. The quantitative estimate of drug-likeness (QED) is 0.362. The molecule has 1 aromatic rings. The molecule has 2 atom stereocenters. The summed E-state index contributed by atoms with van der Waals surface area (Å²) in [4.78, 5) is 15.6. The number of hydrogen-bond acceptors (Lipinski definition) is 4. The highest BCUT2D eigenvalue weighted by molar-refractivity contribution is 5.40. The Bertz CT molecular complexity index is 903. The van der Waals surface area contributed by atoms with Gasteiger partial charge in [-0.3, -0.25) is 4.79 Å². The van der Waals surface area contributed by atoms with Crippen LogP contribution in [-0.2, 0) is 11.2 Å². The van der Waals surface area contributed by atoms with Crippen LogP contribution >= 0.6 is 0 Å². The molecule has 0 saturated carbocycles. The van der Waals surface area contributed by atoms with E-state index in [0.717, 1.165) is 12.1 Å². The lowest BCUT2D eigenvalue weighted by Crippen LogP contribution is -2.20. The van der Waals surface area contributed by atoms with Crippen LogP contribution in [0.2, 0.25) is 0 Å². The standard InChI is InChI=1S/C26H39NO4/c1-10-19(4)24(29-7)20(5)16-18(3)13-11-12-17(2)14-15-22-21(6)23(28)25(30-8)26(27-22)31-9/h10-11,13-14,16,20,24H,12,15H2,1-9H3,(H,27,28)/t20-,24+/m1/s1. The van der Waals surface area contributed by atoms with Crippen LogP contribution in [0.1, 0.15) is 52.3 Å². The SMILES string of the molecule is CC=C(C)[C@H](OC)[C@H](C)C=C(C)C=CCC(C)=CCc1[nH]c(OC)c(OC)c(=O)c1C. The average molecular weight is 430 g/mol. The Morgan fingerprint density at radius 1 is 1.13 bits per heavy atom. The van der Waals surface area contributed by atoms with Gasteiger partial charge in [0.05, 0.1) is 20.3 Å². The van der Waals surface area contributed by atoms with Crippen molar-refractivity contribution in [2.75, 3.05) is 21.3 Å². The van der Waals surface area contributed by atoms with Crippen LogP contribution in [0.4, 0.5) is 0 Å². The second-order valence-electron chi connectivity index (χ2n) is 7.94. The van der Waals surface area contributed by atoms with E-state index in [9.17, 15) is 4.79 Å². The van der Waals surface area contributed by atoms with Crippen LogP contribution < -0.4 is 14.9 Å². The first-order chi connectivity index (χ1) is 14.7. The van der Waals surface area contributed by atoms with Crippen molar-refractivity contribution in [2.24, 2.45) is 5.92 Å². The van der Waals surface area contributed by atoms with E-state index in [-0.39, 0.29) is 17.3 Å². The number of H-pyrrole nitrogens is 1. The smallest absolute Gasteiger partial charge is 0.238 e. The molecule has 1 rings (SSSR count). The van der Waals surface area contributed by atoms with Crippen LogP contribution in [0.15, 0.2) is 51.9 Å². The van der Waals surface area contributed by atoms with Crippen molar-refractivity contribution in [3.05, 3.63) is 68.6 Å². The van der Waals surface area contributed by atoms with Crippen molar-refractivity contribution in [2.45, 2.75) is 60.5 Å². The zero-order valence-corrected chi connectivity index (χ0v) is 20.6. The molecule has 0 bridgehead atoms. The first-order valence-electron chi connectivity index (χ1n) is 10.7.